The van der Waals surface area contributed by atoms with E-state index in [9.17, 15) is 14.4 Å². The van der Waals surface area contributed by atoms with Gasteiger partial charge < -0.3 is 25.6 Å². The molecule has 8 heteroatoms. The zero-order valence-corrected chi connectivity index (χ0v) is 21.2. The Bertz CT molecular complexity index is 618. The maximum absolute atomic E-state index is 11.6. The van der Waals surface area contributed by atoms with E-state index in [-0.39, 0.29) is 26.9 Å². The molecule has 0 heterocycles. The van der Waals surface area contributed by atoms with E-state index in [1.807, 2.05) is 58.0 Å². The van der Waals surface area contributed by atoms with Gasteiger partial charge >= 0.3 is 5.97 Å². The normalized spacial score (nSPS) is 11.0. The number of nitrogens with one attached hydrogen (secondary N) is 1. The van der Waals surface area contributed by atoms with Crippen LogP contribution in [0.3, 0.4) is 0 Å². The van der Waals surface area contributed by atoms with Gasteiger partial charge in [-0.25, -0.2) is 4.79 Å². The number of amides is 1. The molecule has 32 heavy (non-hydrogen) atoms. The summed E-state index contributed by atoms with van der Waals surface area (Å²) in [5, 5.41) is 11.2. The predicted octanol–water partition coefficient (Wildman–Crippen LogP) is 3.69. The highest BCUT2D eigenvalue weighted by Gasteiger charge is 2.27. The molecular formula is C24H48N2O6. The van der Waals surface area contributed by atoms with Crippen molar-refractivity contribution in [3.05, 3.63) is 35.9 Å². The first kappa shape index (κ1) is 34.2. The van der Waals surface area contributed by atoms with E-state index in [4.69, 9.17) is 9.84 Å². The van der Waals surface area contributed by atoms with Gasteiger partial charge in [0.15, 0.2) is 0 Å². The van der Waals surface area contributed by atoms with Gasteiger partial charge in [0.25, 0.3) is 6.47 Å². The summed E-state index contributed by atoms with van der Waals surface area (Å²) in [4.78, 5) is 32.6. The number of carbonyl (C=O) groups excluding carboxylic acids is 3. The van der Waals surface area contributed by atoms with E-state index in [2.05, 4.69) is 15.8 Å². The first-order valence-electron chi connectivity index (χ1n) is 10.6. The van der Waals surface area contributed by atoms with Crippen LogP contribution in [0, 0.1) is 5.41 Å². The van der Waals surface area contributed by atoms with Crippen LogP contribution in [0.4, 0.5) is 0 Å². The summed E-state index contributed by atoms with van der Waals surface area (Å²) < 4.78 is 9.40. The van der Waals surface area contributed by atoms with Crippen molar-refractivity contribution in [1.82, 2.24) is 5.32 Å². The number of carbonyl (C=O) groups is 3. The third kappa shape index (κ3) is 20.8. The van der Waals surface area contributed by atoms with Crippen LogP contribution >= 0.6 is 0 Å². The standard InChI is InChI=1S/C11H21NO3.C7H8O.C5H10O2.CH5N.2H2/c1-6-8(9(13)15-7-2)12-10(14)11(3,4)5;8-6-7-4-2-1-3-5-7;1-5(2,3)7-4-6;1-2;;/h8H,6-7H2,1-5H3,(H,12,14);1-5,8H,6H2;4H,1-3H3;2H2,1H3;2*1H/t8-;;;;;/m0...../s1. The molecular weight excluding hydrogens is 412 g/mol. The first-order valence-corrected chi connectivity index (χ1v) is 10.6. The highest BCUT2D eigenvalue weighted by molar-refractivity contribution is 5.87. The number of aliphatic hydroxyl groups excluding tert-OH is 1. The third-order valence-corrected chi connectivity index (χ3v) is 3.39. The topological polar surface area (TPSA) is 128 Å². The molecule has 0 aliphatic rings. The molecule has 0 saturated heterocycles. The molecule has 1 aromatic carbocycles. The van der Waals surface area contributed by atoms with Crippen LogP contribution < -0.4 is 11.1 Å². The fourth-order valence-corrected chi connectivity index (χ4v) is 1.67. The number of benzene rings is 1. The summed E-state index contributed by atoms with van der Waals surface area (Å²) in [6, 6.07) is 8.99. The number of hydrogen-bond acceptors (Lipinski definition) is 7. The lowest BCUT2D eigenvalue weighted by Crippen LogP contribution is -2.46. The largest absolute Gasteiger partial charge is 0.464 e. The second kappa shape index (κ2) is 19.3. The Morgan fingerprint density at radius 2 is 1.59 bits per heavy atom. The summed E-state index contributed by atoms with van der Waals surface area (Å²) in [6.07, 6.45) is 0.542. The molecule has 1 aromatic rings. The number of aliphatic hydroxyl groups is 1. The van der Waals surface area contributed by atoms with Crippen LogP contribution in [0.5, 0.6) is 0 Å². The molecule has 0 unspecified atom stereocenters. The van der Waals surface area contributed by atoms with Gasteiger partial charge in [-0.2, -0.15) is 0 Å². The van der Waals surface area contributed by atoms with Gasteiger partial charge in [-0.1, -0.05) is 58.0 Å². The Morgan fingerprint density at radius 3 is 1.84 bits per heavy atom. The highest BCUT2D eigenvalue weighted by Crippen LogP contribution is 2.13. The Morgan fingerprint density at radius 1 is 1.09 bits per heavy atom. The van der Waals surface area contributed by atoms with Crippen molar-refractivity contribution in [2.45, 2.75) is 80.1 Å². The monoisotopic (exact) mass is 460 g/mol. The van der Waals surface area contributed by atoms with E-state index in [0.717, 1.165) is 5.56 Å². The number of hydrogen-bond donors (Lipinski definition) is 3. The lowest BCUT2D eigenvalue weighted by molar-refractivity contribution is -0.148. The number of rotatable bonds is 6. The van der Waals surface area contributed by atoms with Crippen molar-refractivity contribution < 1.29 is 31.8 Å². The van der Waals surface area contributed by atoms with Crippen LogP contribution in [0.15, 0.2) is 30.3 Å². The van der Waals surface area contributed by atoms with Gasteiger partial charge in [0, 0.05) is 8.27 Å². The molecule has 0 aliphatic carbocycles. The van der Waals surface area contributed by atoms with E-state index in [0.29, 0.717) is 19.5 Å². The fraction of sp³-hybridized carbons (Fsp3) is 0.625. The minimum absolute atomic E-state index is 0. The number of nitrogens with two attached hydrogens (primary N) is 1. The van der Waals surface area contributed by atoms with Gasteiger partial charge in [0.2, 0.25) is 5.91 Å². The number of esters is 1. The van der Waals surface area contributed by atoms with Crippen molar-refractivity contribution in [2.75, 3.05) is 13.7 Å². The van der Waals surface area contributed by atoms with Gasteiger partial charge in [0.1, 0.15) is 11.6 Å². The lowest BCUT2D eigenvalue weighted by atomic mass is 9.95. The van der Waals surface area contributed by atoms with Crippen molar-refractivity contribution in [2.24, 2.45) is 11.1 Å². The highest BCUT2D eigenvalue weighted by atomic mass is 16.5. The van der Waals surface area contributed by atoms with E-state index < -0.39 is 11.5 Å². The Kier molecular flexibility index (Phi) is 20.6. The fourth-order valence-electron chi connectivity index (χ4n) is 1.67. The first-order chi connectivity index (χ1) is 14.8. The SMILES string of the molecule is CC(C)(C)OC=O.CCOC(=O)[C@H](CC)NC(=O)C(C)(C)C.CN.OCc1ccccc1.[HH].[HH]. The predicted molar refractivity (Wildman–Crippen MR) is 132 cm³/mol. The summed E-state index contributed by atoms with van der Waals surface area (Å²) in [7, 11) is 1.50. The molecule has 1 rings (SSSR count). The average molecular weight is 461 g/mol. The Labute approximate surface area is 196 Å². The quantitative estimate of drug-likeness (QED) is 0.436. The number of ether oxygens (including phenoxy) is 2. The van der Waals surface area contributed by atoms with Crippen LogP contribution in [0.2, 0.25) is 0 Å². The molecule has 4 N–H and O–H groups in total. The van der Waals surface area contributed by atoms with Crippen molar-refractivity contribution in [3.63, 3.8) is 0 Å². The molecule has 0 spiro atoms. The Hall–Kier alpha value is -2.45. The van der Waals surface area contributed by atoms with Crippen LogP contribution in [-0.2, 0) is 30.5 Å². The average Bonchev–Trinajstić information content (AvgIpc) is 2.73. The molecule has 0 radical (unpaired) electrons. The van der Waals surface area contributed by atoms with E-state index in [1.165, 1.54) is 7.05 Å². The molecule has 0 fully saturated rings. The summed E-state index contributed by atoms with van der Waals surface area (Å²) >= 11 is 0. The van der Waals surface area contributed by atoms with Crippen LogP contribution in [0.1, 0.15) is 70.2 Å². The third-order valence-electron chi connectivity index (χ3n) is 3.39. The van der Waals surface area contributed by atoms with Gasteiger partial charge in [-0.15, -0.1) is 0 Å². The molecule has 1 amide bonds. The molecule has 0 aromatic heterocycles. The van der Waals surface area contributed by atoms with Gasteiger partial charge in [-0.05, 0) is 46.7 Å². The summed E-state index contributed by atoms with van der Waals surface area (Å²) in [5.74, 6) is -0.500. The van der Waals surface area contributed by atoms with Crippen molar-refractivity contribution >= 4 is 18.3 Å². The minimum Gasteiger partial charge on any atom is -0.464 e. The summed E-state index contributed by atoms with van der Waals surface area (Å²) in [6.45, 7) is 15.4. The second-order valence-electron chi connectivity index (χ2n) is 8.41. The Balaban J connectivity index is -0.000000125. The molecule has 0 bridgehead atoms. The molecule has 8 nitrogen and oxygen atoms in total. The smallest absolute Gasteiger partial charge is 0.328 e. The maximum Gasteiger partial charge on any atom is 0.328 e. The van der Waals surface area contributed by atoms with E-state index >= 15 is 0 Å². The maximum atomic E-state index is 11.6. The molecule has 0 aliphatic heterocycles. The van der Waals surface area contributed by atoms with Gasteiger partial charge in [0.05, 0.1) is 13.2 Å². The summed E-state index contributed by atoms with van der Waals surface area (Å²) in [5.41, 5.74) is 4.66. The zero-order chi connectivity index (χ0) is 25.8. The van der Waals surface area contributed by atoms with Crippen molar-refractivity contribution in [3.8, 4) is 0 Å². The zero-order valence-electron chi connectivity index (χ0n) is 21.2. The molecule has 190 valence electrons. The van der Waals surface area contributed by atoms with E-state index in [1.54, 1.807) is 27.7 Å². The second-order valence-corrected chi connectivity index (χ2v) is 8.41. The van der Waals surface area contributed by atoms with Crippen LogP contribution in [-0.4, -0.2) is 48.8 Å². The van der Waals surface area contributed by atoms with Crippen molar-refractivity contribution in [1.29, 1.82) is 0 Å². The molecule has 0 saturated carbocycles. The lowest BCUT2D eigenvalue weighted by Gasteiger charge is -2.22. The molecule has 1 atom stereocenters. The van der Waals surface area contributed by atoms with Crippen LogP contribution in [0.25, 0.3) is 0 Å². The van der Waals surface area contributed by atoms with Gasteiger partial charge in [-0.3, -0.25) is 9.59 Å². The minimum atomic E-state index is -0.531.